The van der Waals surface area contributed by atoms with Crippen molar-refractivity contribution in [2.75, 3.05) is 0 Å². The Morgan fingerprint density at radius 3 is 2.44 bits per heavy atom. The highest BCUT2D eigenvalue weighted by Crippen LogP contribution is 2.35. The zero-order valence-corrected chi connectivity index (χ0v) is 21.2. The molecule has 0 radical (unpaired) electrons. The van der Waals surface area contributed by atoms with Crippen molar-refractivity contribution in [2.45, 2.75) is 78.2 Å². The van der Waals surface area contributed by atoms with Gasteiger partial charge in [0.25, 0.3) is 0 Å². The Morgan fingerprint density at radius 1 is 1.18 bits per heavy atom. The first-order valence-electron chi connectivity index (χ1n) is 10.9. The summed E-state index contributed by atoms with van der Waals surface area (Å²) in [6.07, 6.45) is 0.846. The number of nitrogens with zero attached hydrogens (tertiary/aromatic N) is 3. The van der Waals surface area contributed by atoms with E-state index in [1.165, 1.54) is 12.1 Å². The maximum atomic E-state index is 15.1. The molecule has 3 rings (SSSR count). The molecule has 1 aliphatic rings. The SMILES string of the molecule is CC(C)(C)OC(=O)Cc1ccc(F)c(C2(C)Cn3cc(Cl)nc3C(NC(=O)OC(C)(C)C)=N2)c1. The monoisotopic (exact) mass is 492 g/mol. The topological polar surface area (TPSA) is 94.8 Å². The van der Waals surface area contributed by atoms with Gasteiger partial charge in [-0.25, -0.2) is 14.2 Å². The minimum absolute atomic E-state index is 0.0183. The second-order valence-corrected chi connectivity index (χ2v) is 10.8. The summed E-state index contributed by atoms with van der Waals surface area (Å²) in [5, 5.41) is 2.82. The van der Waals surface area contributed by atoms with E-state index in [1.54, 1.807) is 65.3 Å². The minimum Gasteiger partial charge on any atom is -0.460 e. The van der Waals surface area contributed by atoms with Gasteiger partial charge >= 0.3 is 12.1 Å². The van der Waals surface area contributed by atoms with E-state index in [2.05, 4.69) is 15.3 Å². The molecular formula is C24H30ClFN4O4. The van der Waals surface area contributed by atoms with E-state index in [-0.39, 0.29) is 29.5 Å². The van der Waals surface area contributed by atoms with Crippen molar-refractivity contribution in [1.29, 1.82) is 0 Å². The van der Waals surface area contributed by atoms with Gasteiger partial charge in [-0.2, -0.15) is 0 Å². The van der Waals surface area contributed by atoms with Crippen LogP contribution in [0.5, 0.6) is 0 Å². The van der Waals surface area contributed by atoms with E-state index in [1.807, 2.05) is 0 Å². The molecule has 1 unspecified atom stereocenters. The standard InChI is InChI=1S/C24H30ClFN4O4/c1-22(2,3)33-18(31)11-14-8-9-16(26)15(10-14)24(7)13-30-12-17(25)27-20(30)19(29-24)28-21(32)34-23(4,5)6/h8-10,12H,11,13H2,1-7H3,(H,28,29,32). The molecule has 1 aliphatic heterocycles. The van der Waals surface area contributed by atoms with E-state index in [0.29, 0.717) is 11.4 Å². The zero-order valence-electron chi connectivity index (χ0n) is 20.5. The van der Waals surface area contributed by atoms with Crippen LogP contribution in [-0.2, 0) is 32.8 Å². The number of amidine groups is 1. The predicted molar refractivity (Wildman–Crippen MR) is 126 cm³/mol. The number of aliphatic imine (C=N–C) groups is 1. The Morgan fingerprint density at radius 2 is 1.82 bits per heavy atom. The first kappa shape index (κ1) is 25.7. The molecule has 1 aromatic carbocycles. The lowest BCUT2D eigenvalue weighted by Crippen LogP contribution is -2.43. The number of hydrogen-bond donors (Lipinski definition) is 1. The quantitative estimate of drug-likeness (QED) is 0.623. The third-order valence-electron chi connectivity index (χ3n) is 4.79. The van der Waals surface area contributed by atoms with Gasteiger partial charge in [-0.05, 0) is 66.2 Å². The molecule has 0 spiro atoms. The molecule has 10 heteroatoms. The van der Waals surface area contributed by atoms with Gasteiger partial charge in [0.2, 0.25) is 0 Å². The van der Waals surface area contributed by atoms with Crippen LogP contribution in [0.3, 0.4) is 0 Å². The van der Waals surface area contributed by atoms with Crippen molar-refractivity contribution >= 4 is 29.5 Å². The van der Waals surface area contributed by atoms with Crippen molar-refractivity contribution in [3.05, 3.63) is 52.3 Å². The van der Waals surface area contributed by atoms with Gasteiger partial charge < -0.3 is 14.0 Å². The molecule has 1 atom stereocenters. The summed E-state index contributed by atoms with van der Waals surface area (Å²) in [4.78, 5) is 33.6. The molecule has 0 aliphatic carbocycles. The van der Waals surface area contributed by atoms with E-state index in [9.17, 15) is 9.59 Å². The number of amides is 1. The lowest BCUT2D eigenvalue weighted by atomic mass is 9.89. The highest BCUT2D eigenvalue weighted by atomic mass is 35.5. The van der Waals surface area contributed by atoms with E-state index in [4.69, 9.17) is 21.1 Å². The third-order valence-corrected chi connectivity index (χ3v) is 4.98. The highest BCUT2D eigenvalue weighted by molar-refractivity contribution is 6.29. The second kappa shape index (κ2) is 9.02. The Kier molecular flexibility index (Phi) is 6.81. The number of ether oxygens (including phenoxy) is 2. The molecule has 34 heavy (non-hydrogen) atoms. The smallest absolute Gasteiger partial charge is 0.413 e. The van der Waals surface area contributed by atoms with Crippen LogP contribution in [0.2, 0.25) is 5.15 Å². The minimum atomic E-state index is -1.13. The highest BCUT2D eigenvalue weighted by Gasteiger charge is 2.37. The zero-order chi connectivity index (χ0) is 25.5. The molecule has 1 amide bonds. The van der Waals surface area contributed by atoms with Crippen molar-refractivity contribution in [2.24, 2.45) is 4.99 Å². The lowest BCUT2D eigenvalue weighted by molar-refractivity contribution is -0.153. The number of nitrogens with one attached hydrogen (secondary N) is 1. The lowest BCUT2D eigenvalue weighted by Gasteiger charge is -2.32. The molecule has 0 bridgehead atoms. The van der Waals surface area contributed by atoms with Gasteiger partial charge in [0.05, 0.1) is 13.0 Å². The molecule has 1 N–H and O–H groups in total. The number of carbonyl (C=O) groups excluding carboxylic acids is 2. The van der Waals surface area contributed by atoms with Crippen molar-refractivity contribution in [3.8, 4) is 0 Å². The summed E-state index contributed by atoms with van der Waals surface area (Å²) in [7, 11) is 0. The van der Waals surface area contributed by atoms with Crippen molar-refractivity contribution in [3.63, 3.8) is 0 Å². The number of benzene rings is 1. The molecule has 0 saturated carbocycles. The number of rotatable bonds is 3. The first-order valence-corrected chi connectivity index (χ1v) is 11.3. The van der Waals surface area contributed by atoms with E-state index < -0.39 is 34.6 Å². The Hall–Kier alpha value is -2.94. The summed E-state index contributed by atoms with van der Waals surface area (Å²) >= 11 is 6.11. The Balaban J connectivity index is 1.97. The van der Waals surface area contributed by atoms with Gasteiger partial charge in [0, 0.05) is 11.8 Å². The number of fused-ring (bicyclic) bond motifs is 1. The van der Waals surface area contributed by atoms with Crippen molar-refractivity contribution < 1.29 is 23.5 Å². The summed E-state index contributed by atoms with van der Waals surface area (Å²) in [6, 6.07) is 4.43. The van der Waals surface area contributed by atoms with E-state index in [0.717, 1.165) is 0 Å². The van der Waals surface area contributed by atoms with Gasteiger partial charge in [-0.15, -0.1) is 0 Å². The number of halogens is 2. The number of alkyl carbamates (subject to hydrolysis) is 1. The normalized spacial score (nSPS) is 18.1. The van der Waals surface area contributed by atoms with Crippen LogP contribution in [0.15, 0.2) is 29.4 Å². The largest absolute Gasteiger partial charge is 0.460 e. The number of imidazole rings is 1. The Bertz CT molecular complexity index is 1150. The van der Waals surface area contributed by atoms with Crippen LogP contribution in [0.25, 0.3) is 0 Å². The maximum Gasteiger partial charge on any atom is 0.413 e. The van der Waals surface area contributed by atoms with Crippen LogP contribution < -0.4 is 5.32 Å². The predicted octanol–water partition coefficient (Wildman–Crippen LogP) is 4.76. The van der Waals surface area contributed by atoms with Crippen LogP contribution in [0, 0.1) is 5.82 Å². The van der Waals surface area contributed by atoms with E-state index >= 15 is 4.39 Å². The molecule has 0 fully saturated rings. The van der Waals surface area contributed by atoms with Gasteiger partial charge in [0.15, 0.2) is 11.7 Å². The van der Waals surface area contributed by atoms with Gasteiger partial charge in [0.1, 0.15) is 27.7 Å². The fraction of sp³-hybridized carbons (Fsp3) is 0.500. The average Bonchev–Trinajstić information content (AvgIpc) is 3.00. The number of carbonyl (C=O) groups is 2. The van der Waals surface area contributed by atoms with Gasteiger partial charge in [-0.3, -0.25) is 15.1 Å². The van der Waals surface area contributed by atoms with Crippen LogP contribution in [-0.4, -0.2) is 38.7 Å². The number of aromatic nitrogens is 2. The maximum absolute atomic E-state index is 15.1. The van der Waals surface area contributed by atoms with Crippen LogP contribution >= 0.6 is 11.6 Å². The fourth-order valence-electron chi connectivity index (χ4n) is 3.63. The van der Waals surface area contributed by atoms with Gasteiger partial charge in [-0.1, -0.05) is 17.7 Å². The molecule has 1 aromatic heterocycles. The Labute approximate surface area is 203 Å². The fourth-order valence-corrected chi connectivity index (χ4v) is 3.82. The summed E-state index contributed by atoms with van der Waals surface area (Å²) < 4.78 is 27.5. The summed E-state index contributed by atoms with van der Waals surface area (Å²) in [5.41, 5.74) is -1.64. The molecule has 184 valence electrons. The number of hydrogen-bond acceptors (Lipinski definition) is 6. The summed E-state index contributed by atoms with van der Waals surface area (Å²) in [5.74, 6) is -0.478. The number of esters is 1. The molecule has 0 saturated heterocycles. The third kappa shape index (κ3) is 6.34. The molecular weight excluding hydrogens is 463 g/mol. The molecule has 2 aromatic rings. The molecule has 2 heterocycles. The summed E-state index contributed by atoms with van der Waals surface area (Å²) in [6.45, 7) is 12.5. The second-order valence-electron chi connectivity index (χ2n) is 10.5. The van der Waals surface area contributed by atoms with Crippen LogP contribution in [0.4, 0.5) is 9.18 Å². The molecule has 8 nitrogen and oxygen atoms in total. The average molecular weight is 493 g/mol. The first-order chi connectivity index (χ1) is 15.5. The van der Waals surface area contributed by atoms with Crippen molar-refractivity contribution in [1.82, 2.24) is 14.9 Å². The van der Waals surface area contributed by atoms with Crippen LogP contribution in [0.1, 0.15) is 65.4 Å².